The highest BCUT2D eigenvalue weighted by atomic mass is 16.6. The molecule has 0 saturated carbocycles. The summed E-state index contributed by atoms with van der Waals surface area (Å²) >= 11 is 0. The highest BCUT2D eigenvalue weighted by molar-refractivity contribution is 6.17. The minimum Gasteiger partial charge on any atom is -0.497 e. The Morgan fingerprint density at radius 2 is 1.42 bits per heavy atom. The maximum absolute atomic E-state index is 14.3. The van der Waals surface area contributed by atoms with Crippen LogP contribution in [0.5, 0.6) is 11.5 Å². The SMILES string of the molecule is C=CC(=O)Nc1cc(N2CCN(CC)CC2)ccc1N(C(=O)OC(C)(C)C)c1cc(N(C)C(=O)N(C(=O)OC(C)(C)C)c2cc(OC)cc(OC)c2)ncn1. The molecule has 4 rings (SSSR count). The molecule has 1 aliphatic heterocycles. The number of anilines is 6. The zero-order chi connectivity index (χ0) is 40.7. The van der Waals surface area contributed by atoms with Crippen molar-refractivity contribution >= 4 is 58.5 Å². The zero-order valence-corrected chi connectivity index (χ0v) is 33.3. The molecular weight excluding hydrogens is 708 g/mol. The van der Waals surface area contributed by atoms with Crippen LogP contribution >= 0.6 is 0 Å². The number of hydrogen-bond acceptors (Lipinski definition) is 12. The molecule has 1 aromatic heterocycles. The summed E-state index contributed by atoms with van der Waals surface area (Å²) in [4.78, 5) is 71.2. The van der Waals surface area contributed by atoms with E-state index in [-0.39, 0.29) is 23.0 Å². The molecule has 0 radical (unpaired) electrons. The van der Waals surface area contributed by atoms with E-state index in [1.54, 1.807) is 59.7 Å². The summed E-state index contributed by atoms with van der Waals surface area (Å²) in [5, 5.41) is 2.84. The van der Waals surface area contributed by atoms with Crippen LogP contribution in [0.4, 0.5) is 48.8 Å². The van der Waals surface area contributed by atoms with E-state index in [2.05, 4.69) is 38.6 Å². The van der Waals surface area contributed by atoms with E-state index in [4.69, 9.17) is 18.9 Å². The summed E-state index contributed by atoms with van der Waals surface area (Å²) in [7, 11) is 4.29. The Hall–Kier alpha value is -5.90. The van der Waals surface area contributed by atoms with Gasteiger partial charge in [0.05, 0.1) is 31.3 Å². The largest absolute Gasteiger partial charge is 0.497 e. The smallest absolute Gasteiger partial charge is 0.423 e. The molecular formula is C39H52N8O8. The number of piperazine rings is 1. The van der Waals surface area contributed by atoms with Crippen LogP contribution in [0, 0.1) is 0 Å². The van der Waals surface area contributed by atoms with E-state index in [0.717, 1.165) is 54.3 Å². The quantitative estimate of drug-likeness (QED) is 0.215. The van der Waals surface area contributed by atoms with Crippen LogP contribution in [-0.4, -0.2) is 104 Å². The highest BCUT2D eigenvalue weighted by Crippen LogP contribution is 2.37. The molecule has 296 valence electrons. The van der Waals surface area contributed by atoms with Crippen molar-refractivity contribution in [3.8, 4) is 11.5 Å². The van der Waals surface area contributed by atoms with Gasteiger partial charge in [0.1, 0.15) is 40.7 Å². The molecule has 1 saturated heterocycles. The maximum atomic E-state index is 14.3. The molecule has 1 N–H and O–H groups in total. The molecule has 0 bridgehead atoms. The van der Waals surface area contributed by atoms with Gasteiger partial charge in [0.15, 0.2) is 0 Å². The number of benzene rings is 2. The number of likely N-dealkylation sites (N-methyl/N-ethyl adjacent to an activating group) is 1. The van der Waals surface area contributed by atoms with Gasteiger partial charge < -0.3 is 34.1 Å². The lowest BCUT2D eigenvalue weighted by Gasteiger charge is -2.36. The Morgan fingerprint density at radius 3 is 1.96 bits per heavy atom. The van der Waals surface area contributed by atoms with E-state index in [1.807, 2.05) is 6.07 Å². The molecule has 5 amide bonds. The predicted octanol–water partition coefficient (Wildman–Crippen LogP) is 6.83. The Balaban J connectivity index is 1.82. The van der Waals surface area contributed by atoms with E-state index in [1.165, 1.54) is 50.7 Å². The third kappa shape index (κ3) is 10.8. The number of imide groups is 1. The van der Waals surface area contributed by atoms with Gasteiger partial charge in [0.2, 0.25) is 5.91 Å². The van der Waals surface area contributed by atoms with E-state index < -0.39 is 35.3 Å². The number of aromatic nitrogens is 2. The van der Waals surface area contributed by atoms with Gasteiger partial charge in [-0.1, -0.05) is 13.5 Å². The first-order valence-electron chi connectivity index (χ1n) is 17.8. The first kappa shape index (κ1) is 41.9. The predicted molar refractivity (Wildman–Crippen MR) is 212 cm³/mol. The third-order valence-corrected chi connectivity index (χ3v) is 8.28. The van der Waals surface area contributed by atoms with Gasteiger partial charge in [0, 0.05) is 63.2 Å². The fourth-order valence-corrected chi connectivity index (χ4v) is 5.56. The minimum atomic E-state index is -0.969. The van der Waals surface area contributed by atoms with Gasteiger partial charge in [-0.25, -0.2) is 29.3 Å². The Labute approximate surface area is 322 Å². The Morgan fingerprint density at radius 1 is 0.836 bits per heavy atom. The Kier molecular flexibility index (Phi) is 13.3. The van der Waals surface area contributed by atoms with E-state index in [0.29, 0.717) is 17.2 Å². The van der Waals surface area contributed by atoms with Crippen molar-refractivity contribution in [3.05, 3.63) is 61.4 Å². The summed E-state index contributed by atoms with van der Waals surface area (Å²) < 4.78 is 22.3. The summed E-state index contributed by atoms with van der Waals surface area (Å²) in [5.74, 6) is 0.162. The number of nitrogens with zero attached hydrogens (tertiary/aromatic N) is 7. The summed E-state index contributed by atoms with van der Waals surface area (Å²) in [6, 6.07) is 10.4. The molecule has 55 heavy (non-hydrogen) atoms. The van der Waals surface area contributed by atoms with Crippen molar-refractivity contribution < 1.29 is 38.1 Å². The number of urea groups is 1. The molecule has 0 unspecified atom stereocenters. The molecule has 0 spiro atoms. The number of rotatable bonds is 10. The molecule has 16 nitrogen and oxygen atoms in total. The minimum absolute atomic E-state index is 0.00387. The van der Waals surface area contributed by atoms with Gasteiger partial charge in [-0.3, -0.25) is 9.69 Å². The lowest BCUT2D eigenvalue weighted by molar-refractivity contribution is -0.111. The van der Waals surface area contributed by atoms with Crippen LogP contribution in [0.15, 0.2) is 61.4 Å². The monoisotopic (exact) mass is 760 g/mol. The van der Waals surface area contributed by atoms with Crippen LogP contribution in [0.25, 0.3) is 0 Å². The average molecular weight is 761 g/mol. The highest BCUT2D eigenvalue weighted by Gasteiger charge is 2.34. The van der Waals surface area contributed by atoms with Crippen molar-refractivity contribution in [2.75, 3.05) is 78.9 Å². The fraction of sp³-hybridized carbons (Fsp3) is 0.436. The van der Waals surface area contributed by atoms with E-state index >= 15 is 0 Å². The number of amides is 5. The second kappa shape index (κ2) is 17.5. The Bertz CT molecular complexity index is 1860. The molecule has 0 aliphatic carbocycles. The van der Waals surface area contributed by atoms with Gasteiger partial charge in [-0.15, -0.1) is 0 Å². The number of nitrogens with one attached hydrogen (secondary N) is 1. The second-order valence-electron chi connectivity index (χ2n) is 14.6. The topological polar surface area (TPSA) is 159 Å². The molecule has 1 aliphatic rings. The third-order valence-electron chi connectivity index (χ3n) is 8.28. The summed E-state index contributed by atoms with van der Waals surface area (Å²) in [6.45, 7) is 20.2. The molecule has 2 aromatic carbocycles. The lowest BCUT2D eigenvalue weighted by atomic mass is 10.1. The van der Waals surface area contributed by atoms with Gasteiger partial charge in [-0.2, -0.15) is 4.90 Å². The van der Waals surface area contributed by atoms with Crippen LogP contribution in [0.1, 0.15) is 48.5 Å². The van der Waals surface area contributed by atoms with Crippen molar-refractivity contribution in [2.24, 2.45) is 0 Å². The van der Waals surface area contributed by atoms with E-state index in [9.17, 15) is 19.2 Å². The molecule has 0 atom stereocenters. The summed E-state index contributed by atoms with van der Waals surface area (Å²) in [5.41, 5.74) is -0.408. The number of hydrogen-bond donors (Lipinski definition) is 1. The van der Waals surface area contributed by atoms with Crippen molar-refractivity contribution in [3.63, 3.8) is 0 Å². The van der Waals surface area contributed by atoms with Crippen molar-refractivity contribution in [1.29, 1.82) is 0 Å². The standard InChI is InChI=1S/C39H52N8O8/c1-12-34(48)42-30-22-26(45-18-16-44(13-2)17-19-45)14-15-31(30)47(37(51)55-39(6,7)8)33-24-32(40-25-41-33)43(9)35(49)46(36(50)54-38(3,4)5)27-20-28(52-10)23-29(21-27)53-11/h12,14-15,20-25H,1,13,16-19H2,2-11H3,(H,42,48). The second-order valence-corrected chi connectivity index (χ2v) is 14.6. The van der Waals surface area contributed by atoms with Crippen molar-refractivity contribution in [2.45, 2.75) is 59.7 Å². The number of ether oxygens (including phenoxy) is 4. The van der Waals surface area contributed by atoms with Crippen LogP contribution in [-0.2, 0) is 14.3 Å². The normalized spacial score (nSPS) is 13.3. The first-order chi connectivity index (χ1) is 25.9. The van der Waals surface area contributed by atoms with Crippen LogP contribution in [0.2, 0.25) is 0 Å². The average Bonchev–Trinajstić information content (AvgIpc) is 3.13. The van der Waals surface area contributed by atoms with Crippen LogP contribution in [0.3, 0.4) is 0 Å². The zero-order valence-electron chi connectivity index (χ0n) is 33.3. The molecule has 16 heteroatoms. The van der Waals surface area contributed by atoms with Gasteiger partial charge in [-0.05, 0) is 72.4 Å². The molecule has 1 fully saturated rings. The maximum Gasteiger partial charge on any atom is 0.423 e. The lowest BCUT2D eigenvalue weighted by Crippen LogP contribution is -2.47. The molecule has 2 heterocycles. The number of carbonyl (C=O) groups is 4. The number of methoxy groups -OCH3 is 2. The molecule has 3 aromatic rings. The van der Waals surface area contributed by atoms with Gasteiger partial charge >= 0.3 is 18.2 Å². The first-order valence-corrected chi connectivity index (χ1v) is 17.8. The van der Waals surface area contributed by atoms with Crippen LogP contribution < -0.4 is 34.4 Å². The fourth-order valence-electron chi connectivity index (χ4n) is 5.56. The van der Waals surface area contributed by atoms with Gasteiger partial charge in [0.25, 0.3) is 0 Å². The summed E-state index contributed by atoms with van der Waals surface area (Å²) in [6.07, 6.45) is 0.514. The number of carbonyl (C=O) groups excluding carboxylic acids is 4. The van der Waals surface area contributed by atoms with Crippen molar-refractivity contribution in [1.82, 2.24) is 14.9 Å².